The summed E-state index contributed by atoms with van der Waals surface area (Å²) in [4.78, 5) is 9.94. The van der Waals surface area contributed by atoms with E-state index in [1.165, 1.54) is 11.8 Å². The first-order valence-corrected chi connectivity index (χ1v) is 4.49. The zero-order valence-corrected chi connectivity index (χ0v) is 7.26. The molecule has 0 spiro atoms. The van der Waals surface area contributed by atoms with Gasteiger partial charge in [0.05, 0.1) is 10.3 Å². The van der Waals surface area contributed by atoms with Crippen molar-refractivity contribution in [3.63, 3.8) is 0 Å². The normalized spacial score (nSPS) is 13.1. The number of aliphatic carboxylic acids is 1. The van der Waals surface area contributed by atoms with E-state index in [1.54, 1.807) is 0 Å². The smallest absolute Gasteiger partial charge is 0.313 e. The molecule has 0 aromatic carbocycles. The summed E-state index contributed by atoms with van der Waals surface area (Å²) in [5, 5.41) is 8.18. The SMILES string of the molecule is O=C(O)CSC(S)CS. The largest absolute Gasteiger partial charge is 0.481 e. The second-order valence-corrected chi connectivity index (χ2v) is 3.87. The molecule has 1 unspecified atom stereocenters. The molecule has 0 aromatic heterocycles. The van der Waals surface area contributed by atoms with Crippen LogP contribution >= 0.6 is 37.0 Å². The lowest BCUT2D eigenvalue weighted by molar-refractivity contribution is -0.133. The Morgan fingerprint density at radius 3 is 2.67 bits per heavy atom. The Balaban J connectivity index is 3.16. The second kappa shape index (κ2) is 5.32. The average molecular weight is 184 g/mol. The highest BCUT2D eigenvalue weighted by Crippen LogP contribution is 2.14. The van der Waals surface area contributed by atoms with E-state index >= 15 is 0 Å². The highest BCUT2D eigenvalue weighted by atomic mass is 32.2. The standard InChI is InChI=1S/C4H8O2S3/c5-3(6)2-9-4(8)1-7/h4,7-8H,1-2H2,(H,5,6). The third kappa shape index (κ3) is 6.40. The van der Waals surface area contributed by atoms with Crippen molar-refractivity contribution in [3.05, 3.63) is 0 Å². The van der Waals surface area contributed by atoms with Crippen LogP contribution in [0.15, 0.2) is 0 Å². The minimum absolute atomic E-state index is 0.0319. The minimum atomic E-state index is -0.805. The van der Waals surface area contributed by atoms with Gasteiger partial charge in [0.1, 0.15) is 0 Å². The van der Waals surface area contributed by atoms with Crippen LogP contribution in [0.2, 0.25) is 0 Å². The lowest BCUT2D eigenvalue weighted by atomic mass is 10.8. The van der Waals surface area contributed by atoms with Gasteiger partial charge in [-0.3, -0.25) is 4.79 Å². The lowest BCUT2D eigenvalue weighted by Gasteiger charge is -2.02. The van der Waals surface area contributed by atoms with Gasteiger partial charge in [-0.15, -0.1) is 11.8 Å². The monoisotopic (exact) mass is 184 g/mol. The maximum Gasteiger partial charge on any atom is 0.313 e. The van der Waals surface area contributed by atoms with E-state index in [9.17, 15) is 4.79 Å². The number of rotatable bonds is 4. The molecule has 1 atom stereocenters. The summed E-state index contributed by atoms with van der Waals surface area (Å²) in [6.07, 6.45) is 0. The molecule has 5 heteroatoms. The zero-order chi connectivity index (χ0) is 7.28. The summed E-state index contributed by atoms with van der Waals surface area (Å²) >= 11 is 9.23. The number of hydrogen-bond donors (Lipinski definition) is 3. The first-order valence-electron chi connectivity index (χ1n) is 2.29. The Bertz CT molecular complexity index is 95.8. The highest BCUT2D eigenvalue weighted by molar-refractivity contribution is 8.11. The predicted molar refractivity (Wildman–Crippen MR) is 46.7 cm³/mol. The molecule has 0 saturated carbocycles. The van der Waals surface area contributed by atoms with Gasteiger partial charge in [-0.05, 0) is 0 Å². The topological polar surface area (TPSA) is 37.3 Å². The van der Waals surface area contributed by atoms with Crippen molar-refractivity contribution in [3.8, 4) is 0 Å². The molecule has 0 bridgehead atoms. The fourth-order valence-corrected chi connectivity index (χ4v) is 1.20. The maximum atomic E-state index is 9.94. The first-order chi connectivity index (χ1) is 4.16. The number of carboxylic acid groups (broad SMARTS) is 1. The van der Waals surface area contributed by atoms with E-state index < -0.39 is 5.97 Å². The van der Waals surface area contributed by atoms with E-state index in [0.29, 0.717) is 5.75 Å². The third-order valence-corrected chi connectivity index (χ3v) is 3.05. The highest BCUT2D eigenvalue weighted by Gasteiger charge is 2.02. The molecule has 0 fully saturated rings. The van der Waals surface area contributed by atoms with Gasteiger partial charge in [0, 0.05) is 5.75 Å². The number of carboxylic acids is 1. The van der Waals surface area contributed by atoms with Crippen molar-refractivity contribution >= 4 is 43.0 Å². The molecule has 0 amide bonds. The third-order valence-electron chi connectivity index (χ3n) is 0.555. The number of carbonyl (C=O) groups is 1. The fraction of sp³-hybridized carbons (Fsp3) is 0.750. The molecule has 0 radical (unpaired) electrons. The number of thiol groups is 2. The summed E-state index contributed by atoms with van der Waals surface area (Å²) in [6.45, 7) is 0. The van der Waals surface area contributed by atoms with Crippen LogP contribution in [-0.2, 0) is 4.79 Å². The predicted octanol–water partition coefficient (Wildman–Crippen LogP) is 0.990. The van der Waals surface area contributed by atoms with Gasteiger partial charge in [-0.2, -0.15) is 25.3 Å². The van der Waals surface area contributed by atoms with Gasteiger partial charge in [-0.25, -0.2) is 0 Å². The minimum Gasteiger partial charge on any atom is -0.481 e. The Kier molecular flexibility index (Phi) is 5.62. The molecule has 0 aromatic rings. The summed E-state index contributed by atoms with van der Waals surface area (Å²) < 4.78 is 0.0319. The van der Waals surface area contributed by atoms with Crippen molar-refractivity contribution in [2.24, 2.45) is 0 Å². The lowest BCUT2D eigenvalue weighted by Crippen LogP contribution is -2.03. The van der Waals surface area contributed by atoms with Crippen LogP contribution in [0.4, 0.5) is 0 Å². The molecule has 0 saturated heterocycles. The van der Waals surface area contributed by atoms with Gasteiger partial charge >= 0.3 is 5.97 Å². The van der Waals surface area contributed by atoms with Crippen LogP contribution in [-0.4, -0.2) is 27.2 Å². The molecular weight excluding hydrogens is 176 g/mol. The maximum absolute atomic E-state index is 9.94. The van der Waals surface area contributed by atoms with Gasteiger partial charge in [-0.1, -0.05) is 0 Å². The van der Waals surface area contributed by atoms with Crippen LogP contribution in [0.1, 0.15) is 0 Å². The molecule has 9 heavy (non-hydrogen) atoms. The van der Waals surface area contributed by atoms with Crippen LogP contribution in [0, 0.1) is 0 Å². The molecule has 0 aliphatic heterocycles. The number of hydrogen-bond acceptors (Lipinski definition) is 4. The van der Waals surface area contributed by atoms with Crippen LogP contribution < -0.4 is 0 Å². The summed E-state index contributed by atoms with van der Waals surface area (Å²) in [6, 6.07) is 0. The van der Waals surface area contributed by atoms with Gasteiger partial charge in [0.2, 0.25) is 0 Å². The van der Waals surface area contributed by atoms with E-state index in [2.05, 4.69) is 25.3 Å². The van der Waals surface area contributed by atoms with E-state index in [-0.39, 0.29) is 10.3 Å². The van der Waals surface area contributed by atoms with Crippen molar-refractivity contribution < 1.29 is 9.90 Å². The van der Waals surface area contributed by atoms with Crippen molar-refractivity contribution in [1.29, 1.82) is 0 Å². The van der Waals surface area contributed by atoms with E-state index in [4.69, 9.17) is 5.11 Å². The van der Waals surface area contributed by atoms with E-state index in [0.717, 1.165) is 0 Å². The second-order valence-electron chi connectivity index (χ2n) is 1.34. The molecule has 0 aliphatic carbocycles. The molecule has 0 aliphatic rings. The Hall–Kier alpha value is 0.520. The molecular formula is C4H8O2S3. The Morgan fingerprint density at radius 2 is 2.33 bits per heavy atom. The zero-order valence-electron chi connectivity index (χ0n) is 4.65. The summed E-state index contributed by atoms with van der Waals surface area (Å²) in [5.41, 5.74) is 0. The Labute approximate surface area is 69.2 Å². The Morgan fingerprint density at radius 1 is 1.78 bits per heavy atom. The molecule has 1 N–H and O–H groups in total. The molecule has 2 nitrogen and oxygen atoms in total. The molecule has 0 heterocycles. The van der Waals surface area contributed by atoms with Crippen molar-refractivity contribution in [2.45, 2.75) is 4.58 Å². The van der Waals surface area contributed by atoms with Crippen molar-refractivity contribution in [2.75, 3.05) is 11.5 Å². The van der Waals surface area contributed by atoms with E-state index in [1.807, 2.05) is 0 Å². The van der Waals surface area contributed by atoms with Crippen LogP contribution in [0.5, 0.6) is 0 Å². The summed E-state index contributed by atoms with van der Waals surface area (Å²) in [7, 11) is 0. The van der Waals surface area contributed by atoms with Crippen LogP contribution in [0.25, 0.3) is 0 Å². The van der Waals surface area contributed by atoms with Gasteiger partial charge < -0.3 is 5.11 Å². The van der Waals surface area contributed by atoms with Crippen molar-refractivity contribution in [1.82, 2.24) is 0 Å². The average Bonchev–Trinajstić information content (AvgIpc) is 1.83. The van der Waals surface area contributed by atoms with Gasteiger partial charge in [0.25, 0.3) is 0 Å². The molecule has 0 rings (SSSR count). The van der Waals surface area contributed by atoms with Gasteiger partial charge in [0.15, 0.2) is 0 Å². The first kappa shape index (κ1) is 9.52. The fourth-order valence-electron chi connectivity index (χ4n) is 0.220. The quantitative estimate of drug-likeness (QED) is 0.450. The van der Waals surface area contributed by atoms with Crippen LogP contribution in [0.3, 0.4) is 0 Å². The summed E-state index contributed by atoms with van der Waals surface area (Å²) in [5.74, 6) is -0.101. The number of thioether (sulfide) groups is 1. The molecule has 54 valence electrons.